The molecule has 0 saturated carbocycles. The molecule has 3 heterocycles. The highest BCUT2D eigenvalue weighted by atomic mass is 16.7. The lowest BCUT2D eigenvalue weighted by Crippen LogP contribution is -2.48. The van der Waals surface area contributed by atoms with E-state index in [2.05, 4.69) is 16.1 Å². The van der Waals surface area contributed by atoms with Gasteiger partial charge in [-0.25, -0.2) is 0 Å². The van der Waals surface area contributed by atoms with Gasteiger partial charge >= 0.3 is 0 Å². The summed E-state index contributed by atoms with van der Waals surface area (Å²) >= 11 is 0. The van der Waals surface area contributed by atoms with Crippen LogP contribution in [0, 0.1) is 0 Å². The van der Waals surface area contributed by atoms with E-state index >= 15 is 0 Å². The molecule has 0 unspecified atom stereocenters. The zero-order valence-electron chi connectivity index (χ0n) is 12.6. The molecule has 23 heavy (non-hydrogen) atoms. The molecule has 1 aromatic heterocycles. The van der Waals surface area contributed by atoms with Crippen molar-refractivity contribution in [2.24, 2.45) is 0 Å². The molecular formula is C16H17N3O4. The number of hydrogen-bond donors (Lipinski definition) is 0. The van der Waals surface area contributed by atoms with Crippen LogP contribution in [-0.4, -0.2) is 53.8 Å². The Morgan fingerprint density at radius 2 is 1.91 bits per heavy atom. The van der Waals surface area contributed by atoms with Crippen molar-refractivity contribution in [3.63, 3.8) is 0 Å². The van der Waals surface area contributed by atoms with Crippen molar-refractivity contribution in [3.8, 4) is 11.5 Å². The highest BCUT2D eigenvalue weighted by Crippen LogP contribution is 2.32. The Morgan fingerprint density at radius 3 is 2.70 bits per heavy atom. The summed E-state index contributed by atoms with van der Waals surface area (Å²) in [4.78, 5) is 16.3. The van der Waals surface area contributed by atoms with Gasteiger partial charge in [-0.1, -0.05) is 11.2 Å². The molecule has 0 N–H and O–H groups in total. The van der Waals surface area contributed by atoms with Crippen molar-refractivity contribution in [1.82, 2.24) is 15.0 Å². The minimum absolute atomic E-state index is 0.0924. The maximum Gasteiger partial charge on any atom is 0.292 e. The molecule has 120 valence electrons. The van der Waals surface area contributed by atoms with E-state index < -0.39 is 0 Å². The van der Waals surface area contributed by atoms with E-state index in [-0.39, 0.29) is 5.91 Å². The Bertz CT molecular complexity index is 693. The molecular weight excluding hydrogens is 298 g/mol. The third kappa shape index (κ3) is 2.87. The predicted octanol–water partition coefficient (Wildman–Crippen LogP) is 1.36. The van der Waals surface area contributed by atoms with Gasteiger partial charge in [0.25, 0.3) is 5.91 Å². The highest BCUT2D eigenvalue weighted by molar-refractivity contribution is 5.91. The molecule has 1 aromatic carbocycles. The van der Waals surface area contributed by atoms with Crippen LogP contribution in [0.4, 0.5) is 0 Å². The van der Waals surface area contributed by atoms with Crippen LogP contribution >= 0.6 is 0 Å². The maximum absolute atomic E-state index is 12.2. The minimum atomic E-state index is -0.0924. The molecule has 0 radical (unpaired) electrons. The first kappa shape index (κ1) is 14.1. The predicted molar refractivity (Wildman–Crippen MR) is 80.2 cm³/mol. The van der Waals surface area contributed by atoms with Gasteiger partial charge in [0.05, 0.1) is 6.20 Å². The number of carbonyl (C=O) groups excluding carboxylic acids is 1. The fraction of sp³-hybridized carbons (Fsp3) is 0.375. The van der Waals surface area contributed by atoms with Crippen LogP contribution in [0.1, 0.15) is 16.1 Å². The number of carbonyl (C=O) groups is 1. The number of rotatable bonds is 3. The number of benzene rings is 1. The largest absolute Gasteiger partial charge is 0.454 e. The molecule has 7 heteroatoms. The third-order valence-corrected chi connectivity index (χ3v) is 4.15. The van der Waals surface area contributed by atoms with E-state index in [1.807, 2.05) is 12.1 Å². The average Bonchev–Trinajstić information content (AvgIpc) is 3.26. The Hall–Kier alpha value is -2.54. The molecule has 2 aliphatic rings. The maximum atomic E-state index is 12.2. The lowest BCUT2D eigenvalue weighted by Gasteiger charge is -2.34. The van der Waals surface area contributed by atoms with Crippen LogP contribution in [0.15, 0.2) is 35.0 Å². The second-order valence-corrected chi connectivity index (χ2v) is 5.63. The molecule has 4 rings (SSSR count). The fourth-order valence-electron chi connectivity index (χ4n) is 2.89. The summed E-state index contributed by atoms with van der Waals surface area (Å²) in [6.07, 6.45) is 1.49. The van der Waals surface area contributed by atoms with Gasteiger partial charge in [-0.2, -0.15) is 0 Å². The van der Waals surface area contributed by atoms with Gasteiger partial charge in [-0.05, 0) is 17.7 Å². The van der Waals surface area contributed by atoms with E-state index in [9.17, 15) is 4.79 Å². The summed E-state index contributed by atoms with van der Waals surface area (Å²) in [6.45, 7) is 4.15. The topological polar surface area (TPSA) is 68.0 Å². The highest BCUT2D eigenvalue weighted by Gasteiger charge is 2.24. The first-order valence-corrected chi connectivity index (χ1v) is 7.60. The Morgan fingerprint density at radius 1 is 1.09 bits per heavy atom. The van der Waals surface area contributed by atoms with Crippen molar-refractivity contribution in [2.75, 3.05) is 33.0 Å². The smallest absolute Gasteiger partial charge is 0.292 e. The van der Waals surface area contributed by atoms with Crippen LogP contribution in [0.3, 0.4) is 0 Å². The second kappa shape index (κ2) is 5.92. The number of amides is 1. The Balaban J connectivity index is 1.34. The van der Waals surface area contributed by atoms with Crippen LogP contribution in [0.25, 0.3) is 0 Å². The van der Waals surface area contributed by atoms with Gasteiger partial charge in [0.2, 0.25) is 12.6 Å². The van der Waals surface area contributed by atoms with Crippen molar-refractivity contribution in [2.45, 2.75) is 6.54 Å². The normalized spacial score (nSPS) is 17.5. The van der Waals surface area contributed by atoms with Crippen molar-refractivity contribution < 1.29 is 18.8 Å². The number of piperazine rings is 1. The number of aromatic nitrogens is 1. The van der Waals surface area contributed by atoms with Crippen LogP contribution in [0.2, 0.25) is 0 Å². The standard InChI is InChI=1S/C16H17N3O4/c20-16(14-3-4-17-23-14)19-7-5-18(6-8-19)10-12-1-2-13-15(9-12)22-11-21-13/h1-4,9H,5-8,10-11H2. The summed E-state index contributed by atoms with van der Waals surface area (Å²) in [5, 5.41) is 3.58. The average molecular weight is 315 g/mol. The fourth-order valence-corrected chi connectivity index (χ4v) is 2.89. The Kier molecular flexibility index (Phi) is 3.63. The Labute approximate surface area is 133 Å². The number of nitrogens with zero attached hydrogens (tertiary/aromatic N) is 3. The van der Waals surface area contributed by atoms with Gasteiger partial charge in [0, 0.05) is 38.8 Å². The quantitative estimate of drug-likeness (QED) is 0.852. The summed E-state index contributed by atoms with van der Waals surface area (Å²) in [6, 6.07) is 7.62. The first-order valence-electron chi connectivity index (χ1n) is 7.60. The molecule has 2 aromatic rings. The lowest BCUT2D eigenvalue weighted by molar-refractivity contribution is 0.0588. The van der Waals surface area contributed by atoms with Crippen molar-refractivity contribution >= 4 is 5.91 Å². The third-order valence-electron chi connectivity index (χ3n) is 4.15. The molecule has 1 amide bonds. The molecule has 1 fully saturated rings. The summed E-state index contributed by atoms with van der Waals surface area (Å²) in [5.74, 6) is 1.82. The van der Waals surface area contributed by atoms with Crippen LogP contribution < -0.4 is 9.47 Å². The molecule has 0 bridgehead atoms. The van der Waals surface area contributed by atoms with Crippen molar-refractivity contribution in [1.29, 1.82) is 0 Å². The zero-order valence-corrected chi connectivity index (χ0v) is 12.6. The molecule has 7 nitrogen and oxygen atoms in total. The molecule has 2 aliphatic heterocycles. The molecule has 0 spiro atoms. The van der Waals surface area contributed by atoms with Crippen molar-refractivity contribution in [3.05, 3.63) is 41.8 Å². The van der Waals surface area contributed by atoms with E-state index in [1.165, 1.54) is 11.8 Å². The SMILES string of the molecule is O=C(c1ccno1)N1CCN(Cc2ccc3c(c2)OCO3)CC1. The zero-order chi connectivity index (χ0) is 15.6. The summed E-state index contributed by atoms with van der Waals surface area (Å²) in [7, 11) is 0. The van der Waals surface area contributed by atoms with E-state index in [0.717, 1.165) is 31.1 Å². The number of fused-ring (bicyclic) bond motifs is 1. The van der Waals surface area contributed by atoms with E-state index in [1.54, 1.807) is 11.0 Å². The lowest BCUT2D eigenvalue weighted by atomic mass is 10.1. The second-order valence-electron chi connectivity index (χ2n) is 5.63. The van der Waals surface area contributed by atoms with E-state index in [0.29, 0.717) is 25.6 Å². The van der Waals surface area contributed by atoms with Gasteiger partial charge < -0.3 is 18.9 Å². The molecule has 0 atom stereocenters. The first-order chi connectivity index (χ1) is 11.3. The number of hydrogen-bond acceptors (Lipinski definition) is 6. The van der Waals surface area contributed by atoms with Gasteiger partial charge in [0.15, 0.2) is 11.5 Å². The van der Waals surface area contributed by atoms with Gasteiger partial charge in [-0.15, -0.1) is 0 Å². The van der Waals surface area contributed by atoms with Gasteiger partial charge in [-0.3, -0.25) is 9.69 Å². The molecule has 1 saturated heterocycles. The number of ether oxygens (including phenoxy) is 2. The van der Waals surface area contributed by atoms with Gasteiger partial charge in [0.1, 0.15) is 0 Å². The van der Waals surface area contributed by atoms with E-state index in [4.69, 9.17) is 14.0 Å². The molecule has 0 aliphatic carbocycles. The minimum Gasteiger partial charge on any atom is -0.454 e. The summed E-state index contributed by atoms with van der Waals surface area (Å²) < 4.78 is 15.7. The van der Waals surface area contributed by atoms with Crippen LogP contribution in [0.5, 0.6) is 11.5 Å². The van der Waals surface area contributed by atoms with Crippen LogP contribution in [-0.2, 0) is 6.54 Å². The summed E-state index contributed by atoms with van der Waals surface area (Å²) in [5.41, 5.74) is 1.18. The monoisotopic (exact) mass is 315 g/mol.